The fraction of sp³-hybridized carbons (Fsp3) is 0.118. The third-order valence-electron chi connectivity index (χ3n) is 3.42. The highest BCUT2D eigenvalue weighted by Crippen LogP contribution is 2.20. The maximum atomic E-state index is 12.4. The molecule has 1 aromatic heterocycles. The van der Waals surface area contributed by atoms with E-state index in [9.17, 15) is 8.42 Å². The number of benzene rings is 2. The van der Waals surface area contributed by atoms with E-state index in [-0.39, 0.29) is 4.90 Å². The number of thiazole rings is 1. The van der Waals surface area contributed by atoms with Crippen molar-refractivity contribution in [3.63, 3.8) is 0 Å². The molecule has 1 heterocycles. The monoisotopic (exact) mass is 344 g/mol. The van der Waals surface area contributed by atoms with Crippen LogP contribution in [-0.4, -0.2) is 13.0 Å². The minimum absolute atomic E-state index is 0.206. The van der Waals surface area contributed by atoms with Crippen molar-refractivity contribution in [2.75, 3.05) is 0 Å². The van der Waals surface area contributed by atoms with Crippen LogP contribution in [-0.2, 0) is 16.6 Å². The van der Waals surface area contributed by atoms with Crippen LogP contribution in [0.2, 0.25) is 0 Å². The van der Waals surface area contributed by atoms with Gasteiger partial charge < -0.3 is 4.57 Å². The third-order valence-corrected chi connectivity index (χ3v) is 5.68. The van der Waals surface area contributed by atoms with E-state index >= 15 is 0 Å². The van der Waals surface area contributed by atoms with Gasteiger partial charge in [0.1, 0.15) is 0 Å². The maximum absolute atomic E-state index is 12.4. The molecule has 0 saturated carbocycles. The van der Waals surface area contributed by atoms with Crippen LogP contribution < -0.4 is 4.80 Å². The normalized spacial score (nSPS) is 12.5. The lowest BCUT2D eigenvalue weighted by Gasteiger charge is -2.05. The molecule has 4 nitrogen and oxygen atoms in total. The standard InChI is InChI=1S/C17H16N2O2S2/c1-2-19-16(14-9-5-3-6-10-14)13-22-17(19)18-23(20,21)15-11-7-4-8-12-15/h3-13H,2H2,1H3. The summed E-state index contributed by atoms with van der Waals surface area (Å²) in [6.07, 6.45) is 0. The Kier molecular flexibility index (Phi) is 4.45. The van der Waals surface area contributed by atoms with E-state index in [1.807, 2.05) is 47.2 Å². The SMILES string of the molecule is CCn1c(-c2ccccc2)csc1=NS(=O)(=O)c1ccccc1. The number of hydrogen-bond acceptors (Lipinski definition) is 3. The van der Waals surface area contributed by atoms with Crippen LogP contribution in [0.3, 0.4) is 0 Å². The van der Waals surface area contributed by atoms with Crippen molar-refractivity contribution in [2.45, 2.75) is 18.4 Å². The summed E-state index contributed by atoms with van der Waals surface area (Å²) in [5.41, 5.74) is 2.02. The van der Waals surface area contributed by atoms with Crippen molar-refractivity contribution < 1.29 is 8.42 Å². The summed E-state index contributed by atoms with van der Waals surface area (Å²) >= 11 is 1.33. The average molecular weight is 344 g/mol. The summed E-state index contributed by atoms with van der Waals surface area (Å²) < 4.78 is 30.8. The van der Waals surface area contributed by atoms with Crippen LogP contribution in [0.5, 0.6) is 0 Å². The molecule has 0 aliphatic rings. The first-order chi connectivity index (χ1) is 11.1. The molecule has 2 aromatic carbocycles. The average Bonchev–Trinajstić information content (AvgIpc) is 2.98. The Balaban J connectivity index is 2.13. The van der Waals surface area contributed by atoms with Crippen LogP contribution >= 0.6 is 11.3 Å². The predicted octanol–water partition coefficient (Wildman–Crippen LogP) is 3.53. The van der Waals surface area contributed by atoms with Crippen LogP contribution in [0.15, 0.2) is 75.3 Å². The fourth-order valence-corrected chi connectivity index (χ4v) is 4.51. The van der Waals surface area contributed by atoms with Gasteiger partial charge in [-0.3, -0.25) is 0 Å². The third kappa shape index (κ3) is 3.28. The summed E-state index contributed by atoms with van der Waals surface area (Å²) in [4.78, 5) is 0.688. The second-order valence-corrected chi connectivity index (χ2v) is 7.33. The summed E-state index contributed by atoms with van der Waals surface area (Å²) in [7, 11) is -3.70. The second-order valence-electron chi connectivity index (χ2n) is 4.89. The van der Waals surface area contributed by atoms with Crippen LogP contribution in [0.4, 0.5) is 0 Å². The van der Waals surface area contributed by atoms with E-state index in [0.717, 1.165) is 11.3 Å². The van der Waals surface area contributed by atoms with E-state index in [1.165, 1.54) is 11.3 Å². The van der Waals surface area contributed by atoms with Gasteiger partial charge in [0.15, 0.2) is 0 Å². The zero-order chi connectivity index (χ0) is 16.3. The van der Waals surface area contributed by atoms with Gasteiger partial charge in [-0.05, 0) is 24.6 Å². The molecule has 0 aliphatic carbocycles. The second kappa shape index (κ2) is 6.52. The molecule has 0 fully saturated rings. The van der Waals surface area contributed by atoms with Gasteiger partial charge in [-0.25, -0.2) is 0 Å². The summed E-state index contributed by atoms with van der Waals surface area (Å²) in [6.45, 7) is 2.63. The zero-order valence-corrected chi connectivity index (χ0v) is 14.2. The van der Waals surface area contributed by atoms with Gasteiger partial charge in [0.05, 0.1) is 10.6 Å². The van der Waals surface area contributed by atoms with Crippen molar-refractivity contribution in [1.82, 2.24) is 4.57 Å². The molecule has 0 amide bonds. The Morgan fingerprint density at radius 3 is 2.22 bits per heavy atom. The molecule has 3 rings (SSSR count). The Bertz CT molecular complexity index is 957. The Hall–Kier alpha value is -2.18. The van der Waals surface area contributed by atoms with Crippen molar-refractivity contribution in [3.8, 4) is 11.3 Å². The van der Waals surface area contributed by atoms with Crippen molar-refractivity contribution in [2.24, 2.45) is 4.40 Å². The van der Waals surface area contributed by atoms with Gasteiger partial charge in [-0.1, -0.05) is 48.5 Å². The zero-order valence-electron chi connectivity index (χ0n) is 12.6. The number of nitrogens with zero attached hydrogens (tertiary/aromatic N) is 2. The molecule has 6 heteroatoms. The van der Waals surface area contributed by atoms with E-state index in [0.29, 0.717) is 11.3 Å². The largest absolute Gasteiger partial charge is 0.316 e. The smallest absolute Gasteiger partial charge is 0.285 e. The lowest BCUT2D eigenvalue weighted by atomic mass is 10.2. The van der Waals surface area contributed by atoms with Crippen LogP contribution in [0.1, 0.15) is 6.92 Å². The molecular formula is C17H16N2O2S2. The highest BCUT2D eigenvalue weighted by atomic mass is 32.2. The lowest BCUT2D eigenvalue weighted by Crippen LogP contribution is -2.17. The summed E-state index contributed by atoms with van der Waals surface area (Å²) in [6, 6.07) is 18.2. The van der Waals surface area contributed by atoms with E-state index < -0.39 is 10.0 Å². The van der Waals surface area contributed by atoms with Gasteiger partial charge in [-0.15, -0.1) is 15.7 Å². The fourth-order valence-electron chi connectivity index (χ4n) is 2.30. The molecule has 3 aromatic rings. The van der Waals surface area contributed by atoms with Crippen LogP contribution in [0.25, 0.3) is 11.3 Å². The summed E-state index contributed by atoms with van der Waals surface area (Å²) in [5, 5.41) is 1.94. The molecular weight excluding hydrogens is 328 g/mol. The highest BCUT2D eigenvalue weighted by Gasteiger charge is 2.14. The first kappa shape index (κ1) is 15.7. The molecule has 0 spiro atoms. The van der Waals surface area contributed by atoms with Crippen molar-refractivity contribution in [1.29, 1.82) is 0 Å². The Morgan fingerprint density at radius 1 is 1.00 bits per heavy atom. The van der Waals surface area contributed by atoms with Gasteiger partial charge >= 0.3 is 0 Å². The minimum atomic E-state index is -3.70. The number of aromatic nitrogens is 1. The molecule has 0 bridgehead atoms. The highest BCUT2D eigenvalue weighted by molar-refractivity contribution is 7.90. The molecule has 0 unspecified atom stereocenters. The molecule has 0 saturated heterocycles. The first-order valence-electron chi connectivity index (χ1n) is 7.21. The number of rotatable bonds is 4. The van der Waals surface area contributed by atoms with Crippen molar-refractivity contribution in [3.05, 3.63) is 70.8 Å². The van der Waals surface area contributed by atoms with E-state index in [1.54, 1.807) is 30.3 Å². The summed E-state index contributed by atoms with van der Waals surface area (Å²) in [5.74, 6) is 0. The lowest BCUT2D eigenvalue weighted by molar-refractivity contribution is 0.595. The molecule has 0 N–H and O–H groups in total. The number of sulfonamides is 1. The van der Waals surface area contributed by atoms with E-state index in [4.69, 9.17) is 0 Å². The Labute approximate surface area is 139 Å². The molecule has 0 atom stereocenters. The van der Waals surface area contributed by atoms with Crippen LogP contribution in [0, 0.1) is 0 Å². The maximum Gasteiger partial charge on any atom is 0.285 e. The van der Waals surface area contributed by atoms with E-state index in [2.05, 4.69) is 4.40 Å². The Morgan fingerprint density at radius 2 is 1.61 bits per heavy atom. The minimum Gasteiger partial charge on any atom is -0.316 e. The van der Waals surface area contributed by atoms with Gasteiger partial charge in [0.25, 0.3) is 10.0 Å². The predicted molar refractivity (Wildman–Crippen MR) is 92.6 cm³/mol. The van der Waals surface area contributed by atoms with Gasteiger partial charge in [0, 0.05) is 11.9 Å². The molecule has 0 radical (unpaired) electrons. The molecule has 23 heavy (non-hydrogen) atoms. The van der Waals surface area contributed by atoms with Crippen molar-refractivity contribution >= 4 is 21.4 Å². The molecule has 0 aliphatic heterocycles. The topological polar surface area (TPSA) is 51.4 Å². The number of hydrogen-bond donors (Lipinski definition) is 0. The quantitative estimate of drug-likeness (QED) is 0.727. The first-order valence-corrected chi connectivity index (χ1v) is 9.53. The van der Waals surface area contributed by atoms with Gasteiger partial charge in [0.2, 0.25) is 4.80 Å². The molecule has 118 valence electrons. The van der Waals surface area contributed by atoms with Gasteiger partial charge in [-0.2, -0.15) is 8.42 Å².